The molecular weight excluding hydrogens is 318 g/mol. The van der Waals surface area contributed by atoms with E-state index in [1.54, 1.807) is 0 Å². The second-order valence-electron chi connectivity index (χ2n) is 4.83. The predicted octanol–water partition coefficient (Wildman–Crippen LogP) is 2.03. The molecule has 1 saturated heterocycles. The molecule has 0 radical (unpaired) electrons. The SMILES string of the molecule is CC1CN(C(=O)c2cc(Br)cn2C)CC(C)N1.Cl. The number of nitrogens with one attached hydrogen (secondary N) is 1. The number of halogens is 2. The van der Waals surface area contributed by atoms with E-state index in [2.05, 4.69) is 35.1 Å². The van der Waals surface area contributed by atoms with Crippen LogP contribution in [0.4, 0.5) is 0 Å². The average Bonchev–Trinajstić information content (AvgIpc) is 2.55. The van der Waals surface area contributed by atoms with Gasteiger partial charge in [-0.2, -0.15) is 0 Å². The van der Waals surface area contributed by atoms with E-state index in [-0.39, 0.29) is 18.3 Å². The van der Waals surface area contributed by atoms with Gasteiger partial charge in [-0.1, -0.05) is 0 Å². The molecule has 102 valence electrons. The van der Waals surface area contributed by atoms with E-state index in [4.69, 9.17) is 0 Å². The van der Waals surface area contributed by atoms with Crippen molar-refractivity contribution in [3.63, 3.8) is 0 Å². The Kier molecular flexibility index (Phi) is 5.25. The Labute approximate surface area is 122 Å². The molecule has 6 heteroatoms. The third-order valence-corrected chi connectivity index (χ3v) is 3.47. The maximum Gasteiger partial charge on any atom is 0.270 e. The van der Waals surface area contributed by atoms with Crippen LogP contribution in [0, 0.1) is 0 Å². The van der Waals surface area contributed by atoms with E-state index in [0.29, 0.717) is 12.1 Å². The van der Waals surface area contributed by atoms with Crippen LogP contribution in [0.25, 0.3) is 0 Å². The molecule has 1 amide bonds. The summed E-state index contributed by atoms with van der Waals surface area (Å²) in [5.41, 5.74) is 0.734. The van der Waals surface area contributed by atoms with Gasteiger partial charge in [-0.15, -0.1) is 12.4 Å². The van der Waals surface area contributed by atoms with E-state index >= 15 is 0 Å². The van der Waals surface area contributed by atoms with Gasteiger partial charge in [-0.3, -0.25) is 4.79 Å². The Morgan fingerprint density at radius 2 is 1.94 bits per heavy atom. The first-order valence-corrected chi connectivity index (χ1v) is 6.64. The molecule has 2 unspecified atom stereocenters. The van der Waals surface area contributed by atoms with Crippen LogP contribution < -0.4 is 5.32 Å². The van der Waals surface area contributed by atoms with Gasteiger partial charge >= 0.3 is 0 Å². The van der Waals surface area contributed by atoms with Crippen molar-refractivity contribution in [2.75, 3.05) is 13.1 Å². The molecular formula is C12H19BrClN3O. The molecule has 2 atom stereocenters. The fourth-order valence-electron chi connectivity index (χ4n) is 2.39. The van der Waals surface area contributed by atoms with Gasteiger partial charge in [-0.25, -0.2) is 0 Å². The van der Waals surface area contributed by atoms with E-state index < -0.39 is 0 Å². The quantitative estimate of drug-likeness (QED) is 0.852. The van der Waals surface area contributed by atoms with Crippen molar-refractivity contribution in [3.05, 3.63) is 22.4 Å². The lowest BCUT2D eigenvalue weighted by Crippen LogP contribution is -2.56. The second kappa shape index (κ2) is 6.08. The summed E-state index contributed by atoms with van der Waals surface area (Å²) in [4.78, 5) is 14.3. The minimum atomic E-state index is 0. The molecule has 1 aliphatic heterocycles. The maximum absolute atomic E-state index is 12.4. The van der Waals surface area contributed by atoms with Crippen LogP contribution in [0.15, 0.2) is 16.7 Å². The van der Waals surface area contributed by atoms with Crippen molar-refractivity contribution in [1.82, 2.24) is 14.8 Å². The Balaban J connectivity index is 0.00000162. The van der Waals surface area contributed by atoms with Crippen molar-refractivity contribution >= 4 is 34.2 Å². The second-order valence-corrected chi connectivity index (χ2v) is 5.75. The monoisotopic (exact) mass is 335 g/mol. The zero-order valence-corrected chi connectivity index (χ0v) is 13.2. The Morgan fingerprint density at radius 1 is 1.39 bits per heavy atom. The molecule has 1 N–H and O–H groups in total. The van der Waals surface area contributed by atoms with Gasteiger partial charge in [0.1, 0.15) is 5.69 Å². The van der Waals surface area contributed by atoms with Gasteiger partial charge in [-0.05, 0) is 35.8 Å². The van der Waals surface area contributed by atoms with Crippen molar-refractivity contribution in [2.24, 2.45) is 7.05 Å². The van der Waals surface area contributed by atoms with Crippen LogP contribution in [0.5, 0.6) is 0 Å². The first kappa shape index (κ1) is 15.5. The summed E-state index contributed by atoms with van der Waals surface area (Å²) < 4.78 is 2.81. The first-order chi connectivity index (χ1) is 7.97. The third-order valence-electron chi connectivity index (χ3n) is 3.04. The molecule has 4 nitrogen and oxygen atoms in total. The number of nitrogens with zero attached hydrogens (tertiary/aromatic N) is 2. The number of hydrogen-bond donors (Lipinski definition) is 1. The normalized spacial score (nSPS) is 23.7. The van der Waals surface area contributed by atoms with Crippen molar-refractivity contribution < 1.29 is 4.79 Å². The van der Waals surface area contributed by atoms with Crippen molar-refractivity contribution in [2.45, 2.75) is 25.9 Å². The minimum absolute atomic E-state index is 0. The Bertz CT molecular complexity index is 425. The first-order valence-electron chi connectivity index (χ1n) is 5.84. The number of amides is 1. The fraction of sp³-hybridized carbons (Fsp3) is 0.583. The molecule has 1 aromatic rings. The topological polar surface area (TPSA) is 37.3 Å². The number of piperazine rings is 1. The van der Waals surface area contributed by atoms with Gasteiger partial charge < -0.3 is 14.8 Å². The maximum atomic E-state index is 12.4. The van der Waals surface area contributed by atoms with Gasteiger partial charge in [0.15, 0.2) is 0 Å². The largest absolute Gasteiger partial charge is 0.345 e. The number of carbonyl (C=O) groups excluding carboxylic acids is 1. The summed E-state index contributed by atoms with van der Waals surface area (Å²) in [6.07, 6.45) is 1.91. The summed E-state index contributed by atoms with van der Waals surface area (Å²) in [5, 5.41) is 3.43. The van der Waals surface area contributed by atoms with Gasteiger partial charge in [0, 0.05) is 42.9 Å². The summed E-state index contributed by atoms with van der Waals surface area (Å²) in [6.45, 7) is 5.76. The van der Waals surface area contributed by atoms with Gasteiger partial charge in [0.2, 0.25) is 0 Å². The summed E-state index contributed by atoms with van der Waals surface area (Å²) in [7, 11) is 1.90. The number of carbonyl (C=O) groups is 1. The molecule has 0 spiro atoms. The molecule has 0 aliphatic carbocycles. The van der Waals surface area contributed by atoms with Crippen LogP contribution in [0.1, 0.15) is 24.3 Å². The zero-order valence-electron chi connectivity index (χ0n) is 10.8. The van der Waals surface area contributed by atoms with Crippen LogP contribution >= 0.6 is 28.3 Å². The summed E-state index contributed by atoms with van der Waals surface area (Å²) in [5.74, 6) is 0.110. The fourth-order valence-corrected chi connectivity index (χ4v) is 2.92. The lowest BCUT2D eigenvalue weighted by Gasteiger charge is -2.36. The molecule has 0 aromatic carbocycles. The van der Waals surface area contributed by atoms with Crippen LogP contribution in [0.3, 0.4) is 0 Å². The van der Waals surface area contributed by atoms with Crippen LogP contribution in [-0.4, -0.2) is 40.5 Å². The summed E-state index contributed by atoms with van der Waals surface area (Å²) in [6, 6.07) is 2.58. The highest BCUT2D eigenvalue weighted by atomic mass is 79.9. The van der Waals surface area contributed by atoms with Gasteiger partial charge in [0.05, 0.1) is 0 Å². The van der Waals surface area contributed by atoms with Crippen molar-refractivity contribution in [3.8, 4) is 0 Å². The molecule has 2 heterocycles. The molecule has 0 bridgehead atoms. The predicted molar refractivity (Wildman–Crippen MR) is 78.3 cm³/mol. The highest BCUT2D eigenvalue weighted by molar-refractivity contribution is 9.10. The third kappa shape index (κ3) is 3.28. The van der Waals surface area contributed by atoms with Crippen LogP contribution in [0.2, 0.25) is 0 Å². The van der Waals surface area contributed by atoms with E-state index in [1.807, 2.05) is 28.8 Å². The standard InChI is InChI=1S/C12H18BrN3O.ClH/c1-8-5-16(6-9(2)14-8)12(17)11-4-10(13)7-15(11)3;/h4,7-9,14H,5-6H2,1-3H3;1H. The number of hydrogen-bond acceptors (Lipinski definition) is 2. The molecule has 2 rings (SSSR count). The number of rotatable bonds is 1. The summed E-state index contributed by atoms with van der Waals surface area (Å²) >= 11 is 3.40. The smallest absolute Gasteiger partial charge is 0.270 e. The lowest BCUT2D eigenvalue weighted by atomic mass is 10.1. The Morgan fingerprint density at radius 3 is 2.39 bits per heavy atom. The lowest BCUT2D eigenvalue weighted by molar-refractivity contribution is 0.0664. The number of aryl methyl sites for hydroxylation is 1. The van der Waals surface area contributed by atoms with E-state index in [9.17, 15) is 4.79 Å². The highest BCUT2D eigenvalue weighted by Crippen LogP contribution is 2.16. The zero-order chi connectivity index (χ0) is 12.6. The van der Waals surface area contributed by atoms with E-state index in [0.717, 1.165) is 23.3 Å². The average molecular weight is 337 g/mol. The molecule has 1 aliphatic rings. The van der Waals surface area contributed by atoms with Crippen LogP contribution in [-0.2, 0) is 7.05 Å². The molecule has 1 aromatic heterocycles. The highest BCUT2D eigenvalue weighted by Gasteiger charge is 2.26. The molecule has 1 fully saturated rings. The van der Waals surface area contributed by atoms with Crippen molar-refractivity contribution in [1.29, 1.82) is 0 Å². The minimum Gasteiger partial charge on any atom is -0.345 e. The Hall–Kier alpha value is -0.520. The molecule has 0 saturated carbocycles. The molecule has 18 heavy (non-hydrogen) atoms. The van der Waals surface area contributed by atoms with Gasteiger partial charge in [0.25, 0.3) is 5.91 Å². The number of aromatic nitrogens is 1. The van der Waals surface area contributed by atoms with E-state index in [1.165, 1.54) is 0 Å².